The van der Waals surface area contributed by atoms with Gasteiger partial charge < -0.3 is 15.0 Å². The number of nitrogens with zero attached hydrogens (tertiary/aromatic N) is 3. The molecule has 1 saturated heterocycles. The van der Waals surface area contributed by atoms with E-state index in [0.717, 1.165) is 41.1 Å². The van der Waals surface area contributed by atoms with Crippen LogP contribution in [0.25, 0.3) is 22.3 Å². The van der Waals surface area contributed by atoms with E-state index in [9.17, 15) is 9.18 Å². The van der Waals surface area contributed by atoms with Gasteiger partial charge in [0, 0.05) is 59.7 Å². The summed E-state index contributed by atoms with van der Waals surface area (Å²) in [5.74, 6) is -0.271. The Morgan fingerprint density at radius 1 is 1.11 bits per heavy atom. The number of nitrogens with one attached hydrogen (secondary N) is 1. The van der Waals surface area contributed by atoms with Crippen LogP contribution in [0.2, 0.25) is 0 Å². The smallest absolute Gasteiger partial charge is 0.162 e. The summed E-state index contributed by atoms with van der Waals surface area (Å²) >= 11 is 0. The molecule has 178 valence electrons. The molecule has 0 aliphatic carbocycles. The monoisotopic (exact) mass is 470 g/mol. The maximum absolute atomic E-state index is 14.1. The van der Waals surface area contributed by atoms with Crippen molar-refractivity contribution in [1.82, 2.24) is 9.97 Å². The predicted molar refractivity (Wildman–Crippen MR) is 137 cm³/mol. The van der Waals surface area contributed by atoms with E-state index in [0.29, 0.717) is 42.1 Å². The van der Waals surface area contributed by atoms with Gasteiger partial charge in [0.05, 0.1) is 35.8 Å². The van der Waals surface area contributed by atoms with E-state index in [1.54, 1.807) is 12.3 Å². The molecule has 3 heterocycles. The number of hydrogen-bond donors (Lipinski definition) is 1. The molecule has 0 saturated carbocycles. The van der Waals surface area contributed by atoms with Crippen molar-refractivity contribution in [1.29, 1.82) is 0 Å². The number of carbonyl (C=O) groups is 1. The number of fused-ring (bicyclic) bond motifs is 1. The van der Waals surface area contributed by atoms with Crippen molar-refractivity contribution < 1.29 is 13.9 Å². The molecule has 2 aromatic heterocycles. The first kappa shape index (κ1) is 22.9. The quantitative estimate of drug-likeness (QED) is 0.353. The maximum atomic E-state index is 14.1. The summed E-state index contributed by atoms with van der Waals surface area (Å²) in [6.07, 6.45) is 2.14. The number of hydrogen-bond acceptors (Lipinski definition) is 6. The van der Waals surface area contributed by atoms with Crippen LogP contribution in [0.4, 0.5) is 21.5 Å². The van der Waals surface area contributed by atoms with Gasteiger partial charge in [-0.25, -0.2) is 9.37 Å². The second-order valence-electron chi connectivity index (χ2n) is 8.61. The zero-order valence-corrected chi connectivity index (χ0v) is 19.8. The highest BCUT2D eigenvalue weighted by Crippen LogP contribution is 2.36. The molecule has 35 heavy (non-hydrogen) atoms. The van der Waals surface area contributed by atoms with Crippen LogP contribution >= 0.6 is 0 Å². The molecule has 5 rings (SSSR count). The van der Waals surface area contributed by atoms with Crippen LogP contribution in [0.1, 0.15) is 29.3 Å². The lowest BCUT2D eigenvalue weighted by Crippen LogP contribution is -2.36. The van der Waals surface area contributed by atoms with Crippen molar-refractivity contribution in [3.05, 3.63) is 77.7 Å². The Morgan fingerprint density at radius 3 is 2.69 bits per heavy atom. The molecule has 0 bridgehead atoms. The zero-order chi connectivity index (χ0) is 24.4. The molecular weight excluding hydrogens is 443 g/mol. The first-order valence-electron chi connectivity index (χ1n) is 11.8. The molecule has 0 unspecified atom stereocenters. The largest absolute Gasteiger partial charge is 0.378 e. The summed E-state index contributed by atoms with van der Waals surface area (Å²) in [5.41, 5.74) is 6.05. The topological polar surface area (TPSA) is 67.4 Å². The molecule has 6 nitrogen and oxygen atoms in total. The standard InChI is InChI=1S/C28H27FN4O2/c1-3-26(34)19-14-21(17-22(15-19)33-10-12-35-13-11-33)31-27-18(2)28(24-6-4-5-9-30-24)32-25-16-20(29)7-8-23(25)27/h4-9,14-17H,3,10-13H2,1-2H3,(H,31,32). The fraction of sp³-hybridized carbons (Fsp3) is 0.250. The minimum Gasteiger partial charge on any atom is -0.378 e. The van der Waals surface area contributed by atoms with Crippen molar-refractivity contribution in [2.24, 2.45) is 0 Å². The molecule has 2 aromatic carbocycles. The number of anilines is 3. The minimum absolute atomic E-state index is 0.0794. The summed E-state index contributed by atoms with van der Waals surface area (Å²) in [5, 5.41) is 4.34. The zero-order valence-electron chi connectivity index (χ0n) is 19.8. The first-order valence-corrected chi connectivity index (χ1v) is 11.8. The summed E-state index contributed by atoms with van der Waals surface area (Å²) < 4.78 is 19.6. The molecule has 1 N–H and O–H groups in total. The summed E-state index contributed by atoms with van der Waals surface area (Å²) in [6, 6.07) is 16.1. The van der Waals surface area contributed by atoms with Crippen molar-refractivity contribution in [2.75, 3.05) is 36.5 Å². The highest BCUT2D eigenvalue weighted by atomic mass is 19.1. The van der Waals surface area contributed by atoms with Gasteiger partial charge in [-0.15, -0.1) is 0 Å². The van der Waals surface area contributed by atoms with E-state index in [2.05, 4.69) is 15.2 Å². The van der Waals surface area contributed by atoms with Crippen LogP contribution in [0.5, 0.6) is 0 Å². The van der Waals surface area contributed by atoms with Gasteiger partial charge in [0.1, 0.15) is 5.82 Å². The first-order chi connectivity index (χ1) is 17.0. The number of carbonyl (C=O) groups excluding carboxylic acids is 1. The number of halogens is 1. The Labute approximate surface area is 203 Å². The molecule has 7 heteroatoms. The van der Waals surface area contributed by atoms with E-state index in [1.807, 2.05) is 50.2 Å². The minimum atomic E-state index is -0.350. The molecule has 0 spiro atoms. The Balaban J connectivity index is 1.65. The summed E-state index contributed by atoms with van der Waals surface area (Å²) in [4.78, 5) is 24.1. The number of Topliss-reactive ketones (excluding diaryl/α,β-unsaturated/α-hetero) is 1. The SMILES string of the molecule is CCC(=O)c1cc(Nc2c(C)c(-c3ccccn3)nc3cc(F)ccc23)cc(N2CCOCC2)c1. The Bertz CT molecular complexity index is 1390. The van der Waals surface area contributed by atoms with Crippen LogP contribution in [0.3, 0.4) is 0 Å². The molecule has 1 aliphatic rings. The van der Waals surface area contributed by atoms with Crippen LogP contribution < -0.4 is 10.2 Å². The van der Waals surface area contributed by atoms with E-state index >= 15 is 0 Å². The number of ether oxygens (including phenoxy) is 1. The molecule has 1 fully saturated rings. The van der Waals surface area contributed by atoms with Gasteiger partial charge in [0.15, 0.2) is 5.78 Å². The van der Waals surface area contributed by atoms with Gasteiger partial charge in [0.25, 0.3) is 0 Å². The highest BCUT2D eigenvalue weighted by Gasteiger charge is 2.18. The molecule has 0 radical (unpaired) electrons. The second-order valence-corrected chi connectivity index (χ2v) is 8.61. The van der Waals surface area contributed by atoms with Gasteiger partial charge in [-0.2, -0.15) is 0 Å². The lowest BCUT2D eigenvalue weighted by molar-refractivity contribution is 0.0988. The lowest BCUT2D eigenvalue weighted by atomic mass is 10.0. The van der Waals surface area contributed by atoms with Gasteiger partial charge in [-0.3, -0.25) is 9.78 Å². The van der Waals surface area contributed by atoms with Crippen LogP contribution in [-0.2, 0) is 4.74 Å². The molecule has 0 atom stereocenters. The fourth-order valence-electron chi connectivity index (χ4n) is 4.44. The lowest BCUT2D eigenvalue weighted by Gasteiger charge is -2.29. The van der Waals surface area contributed by atoms with Crippen LogP contribution in [-0.4, -0.2) is 42.1 Å². The average molecular weight is 471 g/mol. The Kier molecular flexibility index (Phi) is 6.42. The Hall–Kier alpha value is -3.84. The third kappa shape index (κ3) is 4.72. The van der Waals surface area contributed by atoms with Crippen molar-refractivity contribution in [3.63, 3.8) is 0 Å². The van der Waals surface area contributed by atoms with Gasteiger partial charge in [-0.05, 0) is 49.4 Å². The van der Waals surface area contributed by atoms with Crippen molar-refractivity contribution in [3.8, 4) is 11.4 Å². The molecular formula is C28H27FN4O2. The average Bonchev–Trinajstić information content (AvgIpc) is 2.90. The fourth-order valence-corrected chi connectivity index (χ4v) is 4.44. The maximum Gasteiger partial charge on any atom is 0.162 e. The number of pyridine rings is 2. The van der Waals surface area contributed by atoms with Gasteiger partial charge in [-0.1, -0.05) is 13.0 Å². The highest BCUT2D eigenvalue weighted by molar-refractivity contribution is 6.00. The van der Waals surface area contributed by atoms with Crippen LogP contribution in [0, 0.1) is 12.7 Å². The number of benzene rings is 2. The predicted octanol–water partition coefficient (Wildman–Crippen LogP) is 5.92. The van der Waals surface area contributed by atoms with E-state index in [-0.39, 0.29) is 11.6 Å². The summed E-state index contributed by atoms with van der Waals surface area (Å²) in [6.45, 7) is 6.69. The van der Waals surface area contributed by atoms with E-state index < -0.39 is 0 Å². The van der Waals surface area contributed by atoms with Crippen molar-refractivity contribution >= 4 is 33.7 Å². The number of ketones is 1. The summed E-state index contributed by atoms with van der Waals surface area (Å²) in [7, 11) is 0. The second kappa shape index (κ2) is 9.80. The molecule has 1 aliphatic heterocycles. The van der Waals surface area contributed by atoms with E-state index in [1.165, 1.54) is 12.1 Å². The molecule has 4 aromatic rings. The number of aromatic nitrogens is 2. The Morgan fingerprint density at radius 2 is 1.94 bits per heavy atom. The third-order valence-electron chi connectivity index (χ3n) is 6.31. The van der Waals surface area contributed by atoms with Gasteiger partial charge in [0.2, 0.25) is 0 Å². The van der Waals surface area contributed by atoms with Crippen LogP contribution in [0.15, 0.2) is 60.8 Å². The third-order valence-corrected chi connectivity index (χ3v) is 6.31. The molecule has 0 amide bonds. The number of morpholine rings is 1. The number of rotatable bonds is 6. The van der Waals surface area contributed by atoms with Gasteiger partial charge >= 0.3 is 0 Å². The normalized spacial score (nSPS) is 13.7. The van der Waals surface area contributed by atoms with Crippen molar-refractivity contribution in [2.45, 2.75) is 20.3 Å². The van der Waals surface area contributed by atoms with E-state index in [4.69, 9.17) is 9.72 Å².